The number of anilines is 1. The van der Waals surface area contributed by atoms with E-state index in [1.54, 1.807) is 4.90 Å². The molecular weight excluding hydrogens is 358 g/mol. The van der Waals surface area contributed by atoms with Gasteiger partial charge in [0.2, 0.25) is 5.91 Å². The van der Waals surface area contributed by atoms with Crippen LogP contribution in [0.1, 0.15) is 11.3 Å². The molecule has 0 bridgehead atoms. The van der Waals surface area contributed by atoms with E-state index in [1.807, 2.05) is 89.6 Å². The van der Waals surface area contributed by atoms with Crippen molar-refractivity contribution in [2.75, 3.05) is 4.90 Å². The fourth-order valence-corrected chi connectivity index (χ4v) is 3.19. The maximum absolute atomic E-state index is 13.1. The Labute approximate surface area is 162 Å². The summed E-state index contributed by atoms with van der Waals surface area (Å²) in [5.41, 5.74) is 3.62. The van der Waals surface area contributed by atoms with Gasteiger partial charge >= 0.3 is 0 Å². The van der Waals surface area contributed by atoms with Gasteiger partial charge in [0, 0.05) is 16.9 Å². The van der Waals surface area contributed by atoms with Crippen molar-refractivity contribution in [1.29, 1.82) is 0 Å². The normalized spacial score (nSPS) is 10.9. The zero-order chi connectivity index (χ0) is 18.6. The van der Waals surface area contributed by atoms with Gasteiger partial charge in [0.05, 0.1) is 24.9 Å². The number of rotatable bonds is 5. The Balaban J connectivity index is 1.64. The molecule has 0 spiro atoms. The number of nitrogens with zero attached hydrogens (tertiary/aromatic N) is 3. The Morgan fingerprint density at radius 3 is 2.48 bits per heavy atom. The highest BCUT2D eigenvalue weighted by Gasteiger charge is 2.18. The monoisotopic (exact) mass is 375 g/mol. The molecule has 1 amide bonds. The van der Waals surface area contributed by atoms with Crippen molar-refractivity contribution in [2.24, 2.45) is 0 Å². The van der Waals surface area contributed by atoms with E-state index in [9.17, 15) is 4.79 Å². The topological polar surface area (TPSA) is 37.6 Å². The minimum Gasteiger partial charge on any atom is -0.306 e. The molecule has 4 nitrogen and oxygen atoms in total. The second kappa shape index (κ2) is 7.64. The lowest BCUT2D eigenvalue weighted by Crippen LogP contribution is -2.32. The third-order valence-corrected chi connectivity index (χ3v) is 4.70. The van der Waals surface area contributed by atoms with Crippen LogP contribution in [0.3, 0.4) is 0 Å². The van der Waals surface area contributed by atoms with E-state index in [0.717, 1.165) is 22.6 Å². The van der Waals surface area contributed by atoms with Crippen molar-refractivity contribution < 1.29 is 4.79 Å². The number of imidazole rings is 1. The first-order chi connectivity index (χ1) is 13.2. The molecule has 0 unspecified atom stereocenters. The van der Waals surface area contributed by atoms with E-state index in [1.165, 1.54) is 0 Å². The summed E-state index contributed by atoms with van der Waals surface area (Å²) in [6.45, 7) is 0.446. The van der Waals surface area contributed by atoms with Crippen LogP contribution in [-0.2, 0) is 17.8 Å². The number of carbonyl (C=O) groups excluding carboxylic acids is 1. The maximum atomic E-state index is 13.1. The van der Waals surface area contributed by atoms with Crippen LogP contribution in [0, 0.1) is 0 Å². The first-order valence-electron chi connectivity index (χ1n) is 8.71. The van der Waals surface area contributed by atoms with Crippen LogP contribution >= 0.6 is 11.6 Å². The highest BCUT2D eigenvalue weighted by Crippen LogP contribution is 2.20. The summed E-state index contributed by atoms with van der Waals surface area (Å²) in [4.78, 5) is 19.3. The molecule has 0 N–H and O–H groups in total. The quantitative estimate of drug-likeness (QED) is 0.504. The lowest BCUT2D eigenvalue weighted by molar-refractivity contribution is -0.118. The van der Waals surface area contributed by atoms with Crippen molar-refractivity contribution in [3.05, 3.63) is 101 Å². The predicted molar refractivity (Wildman–Crippen MR) is 108 cm³/mol. The van der Waals surface area contributed by atoms with Crippen LogP contribution in [0.5, 0.6) is 0 Å². The highest BCUT2D eigenvalue weighted by atomic mass is 35.5. The molecule has 0 saturated heterocycles. The van der Waals surface area contributed by atoms with Gasteiger partial charge in [-0.2, -0.15) is 0 Å². The maximum Gasteiger partial charge on any atom is 0.231 e. The van der Waals surface area contributed by atoms with Gasteiger partial charge < -0.3 is 9.30 Å². The van der Waals surface area contributed by atoms with E-state index < -0.39 is 0 Å². The van der Waals surface area contributed by atoms with Gasteiger partial charge in [-0.25, -0.2) is 4.98 Å². The first kappa shape index (κ1) is 17.3. The largest absolute Gasteiger partial charge is 0.306 e. The molecule has 134 valence electrons. The molecule has 2 aromatic carbocycles. The van der Waals surface area contributed by atoms with E-state index >= 15 is 0 Å². The number of hydrogen-bond donors (Lipinski definition) is 0. The third kappa shape index (κ3) is 3.86. The second-order valence-electron chi connectivity index (χ2n) is 6.30. The molecule has 0 radical (unpaired) electrons. The zero-order valence-electron chi connectivity index (χ0n) is 14.6. The average molecular weight is 376 g/mol. The molecule has 27 heavy (non-hydrogen) atoms. The van der Waals surface area contributed by atoms with Crippen molar-refractivity contribution in [2.45, 2.75) is 13.0 Å². The molecular formula is C22H18ClN3O. The Morgan fingerprint density at radius 2 is 1.70 bits per heavy atom. The van der Waals surface area contributed by atoms with Gasteiger partial charge in [0.15, 0.2) is 0 Å². The number of para-hydroxylation sites is 1. The molecule has 0 saturated carbocycles. The fourth-order valence-electron chi connectivity index (χ4n) is 3.07. The van der Waals surface area contributed by atoms with Crippen LogP contribution in [0.15, 0.2) is 85.2 Å². The fraction of sp³-hybridized carbons (Fsp3) is 0.0909. The molecule has 0 atom stereocenters. The van der Waals surface area contributed by atoms with Gasteiger partial charge in [-0.15, -0.1) is 0 Å². The summed E-state index contributed by atoms with van der Waals surface area (Å²) in [7, 11) is 0. The minimum atomic E-state index is 0.0226. The van der Waals surface area contributed by atoms with Crippen LogP contribution in [0.25, 0.3) is 5.65 Å². The molecule has 4 rings (SSSR count). The number of fused-ring (bicyclic) bond motifs is 1. The minimum absolute atomic E-state index is 0.0226. The Hall–Kier alpha value is -3.11. The van der Waals surface area contributed by atoms with Crippen LogP contribution in [0.2, 0.25) is 5.02 Å². The van der Waals surface area contributed by atoms with Crippen molar-refractivity contribution in [3.8, 4) is 0 Å². The number of aromatic nitrogens is 2. The summed E-state index contributed by atoms with van der Waals surface area (Å²) in [5.74, 6) is 0.0226. The van der Waals surface area contributed by atoms with Crippen molar-refractivity contribution in [1.82, 2.24) is 9.38 Å². The molecule has 2 aromatic heterocycles. The first-order valence-corrected chi connectivity index (χ1v) is 9.09. The molecule has 4 aromatic rings. The SMILES string of the molecule is O=C(Cc1ccc(Cl)cc1)N(Cc1cnc2ccccn12)c1ccccc1. The number of hydrogen-bond acceptors (Lipinski definition) is 2. The summed E-state index contributed by atoms with van der Waals surface area (Å²) in [6.07, 6.45) is 4.09. The van der Waals surface area contributed by atoms with Gasteiger partial charge in [-0.1, -0.05) is 48.0 Å². The van der Waals surface area contributed by atoms with Crippen molar-refractivity contribution >= 4 is 28.8 Å². The number of carbonyl (C=O) groups is 1. The number of benzene rings is 2. The lowest BCUT2D eigenvalue weighted by atomic mass is 10.1. The predicted octanol–water partition coefficient (Wildman–Crippen LogP) is 4.76. The zero-order valence-corrected chi connectivity index (χ0v) is 15.4. The van der Waals surface area contributed by atoms with Crippen LogP contribution in [0.4, 0.5) is 5.69 Å². The molecule has 0 aliphatic heterocycles. The number of amides is 1. The third-order valence-electron chi connectivity index (χ3n) is 4.45. The molecule has 0 aliphatic carbocycles. The highest BCUT2D eigenvalue weighted by molar-refractivity contribution is 6.30. The Morgan fingerprint density at radius 1 is 0.963 bits per heavy atom. The molecule has 5 heteroatoms. The summed E-state index contributed by atoms with van der Waals surface area (Å²) < 4.78 is 2.01. The molecule has 0 aliphatic rings. The van der Waals surface area contributed by atoms with E-state index in [-0.39, 0.29) is 5.91 Å². The van der Waals surface area contributed by atoms with Gasteiger partial charge in [-0.3, -0.25) is 4.79 Å². The molecule has 0 fully saturated rings. The average Bonchev–Trinajstić information content (AvgIpc) is 3.11. The summed E-state index contributed by atoms with van der Waals surface area (Å²) in [6, 6.07) is 23.0. The van der Waals surface area contributed by atoms with Crippen LogP contribution < -0.4 is 4.90 Å². The smallest absolute Gasteiger partial charge is 0.231 e. The number of pyridine rings is 1. The Bertz CT molecular complexity index is 1060. The van der Waals surface area contributed by atoms with E-state index in [2.05, 4.69) is 4.98 Å². The van der Waals surface area contributed by atoms with Gasteiger partial charge in [0.1, 0.15) is 5.65 Å². The molecule has 2 heterocycles. The second-order valence-corrected chi connectivity index (χ2v) is 6.73. The summed E-state index contributed by atoms with van der Waals surface area (Å²) in [5, 5.41) is 0.664. The Kier molecular flexibility index (Phi) is 4.90. The van der Waals surface area contributed by atoms with Gasteiger partial charge in [0.25, 0.3) is 0 Å². The van der Waals surface area contributed by atoms with E-state index in [0.29, 0.717) is 18.0 Å². The van der Waals surface area contributed by atoms with E-state index in [4.69, 9.17) is 11.6 Å². The number of halogens is 1. The summed E-state index contributed by atoms with van der Waals surface area (Å²) >= 11 is 5.95. The van der Waals surface area contributed by atoms with Crippen molar-refractivity contribution in [3.63, 3.8) is 0 Å². The van der Waals surface area contributed by atoms with Gasteiger partial charge in [-0.05, 0) is 42.0 Å². The lowest BCUT2D eigenvalue weighted by Gasteiger charge is -2.23. The standard InChI is InChI=1S/C22H18ClN3O/c23-18-11-9-17(10-12-18)14-22(27)26(19-6-2-1-3-7-19)16-20-15-24-21-8-4-5-13-25(20)21/h1-13,15H,14,16H2. The van der Waals surface area contributed by atoms with Crippen LogP contribution in [-0.4, -0.2) is 15.3 Å².